The fraction of sp³-hybridized carbons (Fsp3) is 0.412. The van der Waals surface area contributed by atoms with Gasteiger partial charge in [0.2, 0.25) is 0 Å². The van der Waals surface area contributed by atoms with Crippen LogP contribution < -0.4 is 15.1 Å². The van der Waals surface area contributed by atoms with E-state index in [1.807, 2.05) is 31.2 Å². The predicted molar refractivity (Wildman–Crippen MR) is 93.7 cm³/mol. The number of aryl methyl sites for hydroxylation is 1. The first kappa shape index (κ1) is 16.8. The third-order valence-corrected chi connectivity index (χ3v) is 4.80. The molecule has 2 heterocycles. The van der Waals surface area contributed by atoms with E-state index in [0.717, 1.165) is 36.9 Å². The molecule has 0 unspecified atom stereocenters. The van der Waals surface area contributed by atoms with Crippen LogP contribution in [0.15, 0.2) is 34.9 Å². The summed E-state index contributed by atoms with van der Waals surface area (Å²) in [5.74, 6) is 1.11. The van der Waals surface area contributed by atoms with Crippen molar-refractivity contribution in [2.75, 3.05) is 36.4 Å². The topological polar surface area (TPSA) is 62.8 Å². The molecule has 1 atom stereocenters. The Hall–Kier alpha value is -2.05. The molecule has 6 nitrogen and oxygen atoms in total. The second-order valence-electron chi connectivity index (χ2n) is 6.13. The maximum Gasteiger partial charge on any atom is 0.283 e. The van der Waals surface area contributed by atoms with Gasteiger partial charge in [0, 0.05) is 6.07 Å². The molecule has 1 aromatic heterocycles. The molecule has 1 amide bonds. The van der Waals surface area contributed by atoms with E-state index in [0.29, 0.717) is 11.6 Å². The van der Waals surface area contributed by atoms with Gasteiger partial charge >= 0.3 is 0 Å². The highest BCUT2D eigenvalue weighted by Crippen LogP contribution is 2.24. The minimum absolute atomic E-state index is 0.0375. The molecule has 0 saturated carbocycles. The summed E-state index contributed by atoms with van der Waals surface area (Å²) in [6.07, 6.45) is 0. The van der Waals surface area contributed by atoms with Crippen molar-refractivity contribution in [3.63, 3.8) is 0 Å². The predicted octanol–water partition coefficient (Wildman–Crippen LogP) is 1.37. The number of amides is 1. The van der Waals surface area contributed by atoms with Crippen LogP contribution in [-0.2, 0) is 4.79 Å². The van der Waals surface area contributed by atoms with Crippen LogP contribution in [0.5, 0.6) is 0 Å². The first-order valence-electron chi connectivity index (χ1n) is 8.13. The number of nitrogens with zero attached hydrogens (tertiary/aromatic N) is 2. The number of hydrogen-bond acceptors (Lipinski definition) is 4. The lowest BCUT2D eigenvalue weighted by Gasteiger charge is -2.36. The Morgan fingerprint density at radius 1 is 1.38 bits per heavy atom. The van der Waals surface area contributed by atoms with Crippen LogP contribution in [0.4, 0.5) is 11.5 Å². The third-order valence-electron chi connectivity index (χ3n) is 4.48. The lowest BCUT2D eigenvalue weighted by Crippen LogP contribution is -3.19. The summed E-state index contributed by atoms with van der Waals surface area (Å²) in [7, 11) is 0. The molecule has 1 aliphatic rings. The second-order valence-corrected chi connectivity index (χ2v) is 6.54. The molecule has 0 bridgehead atoms. The zero-order chi connectivity index (χ0) is 17.1. The molecule has 0 spiro atoms. The number of para-hydroxylation sites is 1. The number of carbonyl (C=O) groups excluding carboxylic acids is 1. The maximum absolute atomic E-state index is 12.4. The number of anilines is 2. The number of nitrogens with one attached hydrogen (secondary N) is 2. The number of carbonyl (C=O) groups is 1. The average molecular weight is 350 g/mol. The van der Waals surface area contributed by atoms with E-state index in [1.54, 1.807) is 13.0 Å². The molecule has 128 valence electrons. The van der Waals surface area contributed by atoms with Crippen LogP contribution in [0, 0.1) is 6.92 Å². The molecular formula is C17H22ClN4O2+. The summed E-state index contributed by atoms with van der Waals surface area (Å²) in [5, 5.41) is 7.39. The van der Waals surface area contributed by atoms with Gasteiger partial charge in [-0.25, -0.2) is 0 Å². The number of piperazine rings is 1. The first-order valence-corrected chi connectivity index (χ1v) is 8.50. The van der Waals surface area contributed by atoms with Crippen LogP contribution in [0.25, 0.3) is 0 Å². The van der Waals surface area contributed by atoms with Gasteiger partial charge in [0.15, 0.2) is 11.9 Å². The van der Waals surface area contributed by atoms with E-state index in [2.05, 4.69) is 15.4 Å². The number of quaternary nitrogens is 1. The molecule has 1 saturated heterocycles. The SMILES string of the molecule is Cc1cc(NC(=O)[C@@H](C)[NH+]2CCN(c3ccccc3Cl)CC2)no1. The molecule has 0 radical (unpaired) electrons. The van der Waals surface area contributed by atoms with Crippen molar-refractivity contribution in [2.24, 2.45) is 0 Å². The van der Waals surface area contributed by atoms with Gasteiger partial charge in [0.1, 0.15) is 5.76 Å². The molecule has 0 aliphatic carbocycles. The zero-order valence-corrected chi connectivity index (χ0v) is 14.6. The van der Waals surface area contributed by atoms with E-state index < -0.39 is 0 Å². The molecule has 24 heavy (non-hydrogen) atoms. The summed E-state index contributed by atoms with van der Waals surface area (Å²) >= 11 is 6.27. The average Bonchev–Trinajstić information content (AvgIpc) is 2.99. The van der Waals surface area contributed by atoms with Crippen molar-refractivity contribution in [3.05, 3.63) is 41.1 Å². The quantitative estimate of drug-likeness (QED) is 0.875. The summed E-state index contributed by atoms with van der Waals surface area (Å²) < 4.78 is 4.97. The van der Waals surface area contributed by atoms with Crippen LogP contribution in [-0.4, -0.2) is 43.3 Å². The largest absolute Gasteiger partial charge is 0.360 e. The van der Waals surface area contributed by atoms with Gasteiger partial charge in [-0.05, 0) is 26.0 Å². The lowest BCUT2D eigenvalue weighted by atomic mass is 10.2. The molecule has 1 aromatic carbocycles. The Bertz CT molecular complexity index is 710. The Balaban J connectivity index is 1.56. The summed E-state index contributed by atoms with van der Waals surface area (Å²) in [6.45, 7) is 7.27. The molecule has 3 rings (SSSR count). The minimum Gasteiger partial charge on any atom is -0.360 e. The Morgan fingerprint density at radius 2 is 2.08 bits per heavy atom. The van der Waals surface area contributed by atoms with Gasteiger partial charge in [-0.2, -0.15) is 0 Å². The van der Waals surface area contributed by atoms with Crippen LogP contribution in [0.2, 0.25) is 5.02 Å². The van der Waals surface area contributed by atoms with Crippen LogP contribution in [0.3, 0.4) is 0 Å². The van der Waals surface area contributed by atoms with E-state index >= 15 is 0 Å². The van der Waals surface area contributed by atoms with Crippen molar-refractivity contribution in [1.29, 1.82) is 0 Å². The molecular weight excluding hydrogens is 328 g/mol. The summed E-state index contributed by atoms with van der Waals surface area (Å²) in [5.41, 5.74) is 1.06. The Labute approximate surface area is 146 Å². The van der Waals surface area contributed by atoms with Gasteiger partial charge in [-0.3, -0.25) is 4.79 Å². The van der Waals surface area contributed by atoms with Gasteiger partial charge < -0.3 is 19.6 Å². The molecule has 2 aromatic rings. The number of hydrogen-bond donors (Lipinski definition) is 2. The van der Waals surface area contributed by atoms with Crippen molar-refractivity contribution in [3.8, 4) is 0 Å². The highest BCUT2D eigenvalue weighted by atomic mass is 35.5. The zero-order valence-electron chi connectivity index (χ0n) is 13.9. The first-order chi connectivity index (χ1) is 11.5. The van der Waals surface area contributed by atoms with E-state index in [9.17, 15) is 4.79 Å². The van der Waals surface area contributed by atoms with E-state index in [1.165, 1.54) is 4.90 Å². The lowest BCUT2D eigenvalue weighted by molar-refractivity contribution is -0.914. The number of rotatable bonds is 4. The van der Waals surface area contributed by atoms with Gasteiger partial charge in [-0.15, -0.1) is 0 Å². The second kappa shape index (κ2) is 7.23. The van der Waals surface area contributed by atoms with E-state index in [-0.39, 0.29) is 11.9 Å². The highest BCUT2D eigenvalue weighted by Gasteiger charge is 2.30. The standard InChI is InChI=1S/C17H21ClN4O2/c1-12-11-16(20-24-12)19-17(23)13(2)21-7-9-22(10-8-21)15-6-4-3-5-14(15)18/h3-6,11,13H,7-10H2,1-2H3,(H,19,20,23)/p+1/t13-/m1/s1. The normalized spacial score (nSPS) is 16.9. The monoisotopic (exact) mass is 349 g/mol. The maximum atomic E-state index is 12.4. The van der Waals surface area contributed by atoms with Gasteiger partial charge in [0.25, 0.3) is 5.91 Å². The van der Waals surface area contributed by atoms with E-state index in [4.69, 9.17) is 16.1 Å². The number of halogens is 1. The van der Waals surface area contributed by atoms with Crippen molar-refractivity contribution < 1.29 is 14.2 Å². The minimum atomic E-state index is -0.143. The van der Waals surface area contributed by atoms with Crippen molar-refractivity contribution in [1.82, 2.24) is 5.16 Å². The summed E-state index contributed by atoms with van der Waals surface area (Å²) in [6, 6.07) is 9.45. The van der Waals surface area contributed by atoms with Gasteiger partial charge in [-0.1, -0.05) is 28.9 Å². The molecule has 1 fully saturated rings. The fourth-order valence-corrected chi connectivity index (χ4v) is 3.28. The van der Waals surface area contributed by atoms with Crippen molar-refractivity contribution >= 4 is 29.0 Å². The van der Waals surface area contributed by atoms with Gasteiger partial charge in [0.05, 0.1) is 36.9 Å². The molecule has 7 heteroatoms. The smallest absolute Gasteiger partial charge is 0.283 e. The van der Waals surface area contributed by atoms with Crippen LogP contribution >= 0.6 is 11.6 Å². The Morgan fingerprint density at radius 3 is 2.71 bits per heavy atom. The fourth-order valence-electron chi connectivity index (χ4n) is 3.02. The number of benzene rings is 1. The number of aromatic nitrogens is 1. The molecule has 1 aliphatic heterocycles. The Kier molecular flexibility index (Phi) is 5.06. The molecule has 2 N–H and O–H groups in total. The third kappa shape index (κ3) is 3.71. The highest BCUT2D eigenvalue weighted by molar-refractivity contribution is 6.33. The van der Waals surface area contributed by atoms with Crippen LogP contribution in [0.1, 0.15) is 12.7 Å². The van der Waals surface area contributed by atoms with Crippen molar-refractivity contribution in [2.45, 2.75) is 19.9 Å². The summed E-state index contributed by atoms with van der Waals surface area (Å²) in [4.78, 5) is 15.9.